The molecule has 1 saturated heterocycles. The Hall–Kier alpha value is -1.43. The average molecular weight is 276 g/mol. The molecule has 0 radical (unpaired) electrons. The van der Waals surface area contributed by atoms with Crippen LogP contribution in [0.25, 0.3) is 10.1 Å². The number of thiophene rings is 1. The number of fused-ring (bicyclic) bond motifs is 1. The van der Waals surface area contributed by atoms with Crippen molar-refractivity contribution in [3.05, 3.63) is 35.2 Å². The molecule has 1 aromatic carbocycles. The van der Waals surface area contributed by atoms with Crippen LogP contribution >= 0.6 is 11.3 Å². The first-order chi connectivity index (χ1) is 9.33. The molecule has 2 N–H and O–H groups in total. The van der Waals surface area contributed by atoms with Gasteiger partial charge in [0, 0.05) is 24.3 Å². The van der Waals surface area contributed by atoms with Crippen molar-refractivity contribution in [2.24, 2.45) is 0 Å². The van der Waals surface area contributed by atoms with E-state index in [0.29, 0.717) is 19.7 Å². The van der Waals surface area contributed by atoms with E-state index in [4.69, 9.17) is 4.74 Å². The zero-order valence-electron chi connectivity index (χ0n) is 10.5. The van der Waals surface area contributed by atoms with Gasteiger partial charge in [-0.3, -0.25) is 4.79 Å². The molecule has 1 amide bonds. The number of nitrogens with one attached hydrogen (secondary N) is 2. The summed E-state index contributed by atoms with van der Waals surface area (Å²) in [5.74, 6) is -0.0439. The number of hydrogen-bond acceptors (Lipinski definition) is 4. The molecule has 2 aromatic rings. The van der Waals surface area contributed by atoms with Gasteiger partial charge in [0.1, 0.15) is 6.10 Å². The van der Waals surface area contributed by atoms with Crippen molar-refractivity contribution in [1.82, 2.24) is 10.6 Å². The van der Waals surface area contributed by atoms with E-state index >= 15 is 0 Å². The third-order valence-corrected chi connectivity index (χ3v) is 4.10. The minimum absolute atomic E-state index is 0.0439. The van der Waals surface area contributed by atoms with Gasteiger partial charge in [0.2, 0.25) is 0 Å². The van der Waals surface area contributed by atoms with Crippen LogP contribution in [-0.2, 0) is 16.1 Å². The van der Waals surface area contributed by atoms with Gasteiger partial charge in [-0.2, -0.15) is 0 Å². The van der Waals surface area contributed by atoms with Crippen LogP contribution in [0.3, 0.4) is 0 Å². The lowest BCUT2D eigenvalue weighted by atomic mass is 10.1. The maximum atomic E-state index is 11.9. The summed E-state index contributed by atoms with van der Waals surface area (Å²) in [5.41, 5.74) is 1.11. The largest absolute Gasteiger partial charge is 0.366 e. The number of carbonyl (C=O) groups excluding carboxylic acids is 1. The maximum Gasteiger partial charge on any atom is 0.250 e. The van der Waals surface area contributed by atoms with Gasteiger partial charge in [0.05, 0.1) is 6.61 Å². The standard InChI is InChI=1S/C14H16N2O2S/c17-14(12-9-15-4-5-18-12)16-8-10-1-2-13-11(7-10)3-6-19-13/h1-3,6-7,12,15H,4-5,8-9H2,(H,16,17)/t12-/m0/s1. The summed E-state index contributed by atoms with van der Waals surface area (Å²) < 4.78 is 6.69. The third-order valence-electron chi connectivity index (χ3n) is 3.20. The number of ether oxygens (including phenoxy) is 1. The highest BCUT2D eigenvalue weighted by atomic mass is 32.1. The first kappa shape index (κ1) is 12.6. The fourth-order valence-corrected chi connectivity index (χ4v) is 2.93. The number of carbonyl (C=O) groups is 1. The molecule has 1 fully saturated rings. The average Bonchev–Trinajstić information content (AvgIpc) is 2.93. The Morgan fingerprint density at radius 1 is 1.47 bits per heavy atom. The van der Waals surface area contributed by atoms with E-state index in [1.165, 1.54) is 10.1 Å². The molecule has 1 aliphatic heterocycles. The second kappa shape index (κ2) is 5.69. The van der Waals surface area contributed by atoms with Gasteiger partial charge < -0.3 is 15.4 Å². The molecule has 100 valence electrons. The summed E-state index contributed by atoms with van der Waals surface area (Å²) in [6.45, 7) is 2.55. The summed E-state index contributed by atoms with van der Waals surface area (Å²) >= 11 is 1.73. The van der Waals surface area contributed by atoms with Gasteiger partial charge in [-0.15, -0.1) is 11.3 Å². The Morgan fingerprint density at radius 2 is 2.42 bits per heavy atom. The highest BCUT2D eigenvalue weighted by Crippen LogP contribution is 2.21. The molecule has 1 atom stereocenters. The predicted molar refractivity (Wildman–Crippen MR) is 76.3 cm³/mol. The van der Waals surface area contributed by atoms with Gasteiger partial charge in [-0.05, 0) is 34.5 Å². The predicted octanol–water partition coefficient (Wildman–Crippen LogP) is 1.51. The first-order valence-corrected chi connectivity index (χ1v) is 7.27. The molecule has 0 bridgehead atoms. The van der Waals surface area contributed by atoms with Crippen molar-refractivity contribution >= 4 is 27.3 Å². The minimum Gasteiger partial charge on any atom is -0.366 e. The number of benzene rings is 1. The molecule has 19 heavy (non-hydrogen) atoms. The van der Waals surface area contributed by atoms with Gasteiger partial charge in [0.15, 0.2) is 0 Å². The van der Waals surface area contributed by atoms with Crippen molar-refractivity contribution in [3.8, 4) is 0 Å². The lowest BCUT2D eigenvalue weighted by Crippen LogP contribution is -2.47. The van der Waals surface area contributed by atoms with Crippen molar-refractivity contribution < 1.29 is 9.53 Å². The van der Waals surface area contributed by atoms with E-state index in [0.717, 1.165) is 12.1 Å². The molecule has 0 saturated carbocycles. The zero-order valence-corrected chi connectivity index (χ0v) is 11.3. The second-order valence-electron chi connectivity index (χ2n) is 4.57. The van der Waals surface area contributed by atoms with Crippen molar-refractivity contribution in [1.29, 1.82) is 0 Å². The van der Waals surface area contributed by atoms with E-state index in [9.17, 15) is 4.79 Å². The Balaban J connectivity index is 1.60. The van der Waals surface area contributed by atoms with Gasteiger partial charge in [-0.1, -0.05) is 6.07 Å². The Bertz CT molecular complexity index is 576. The van der Waals surface area contributed by atoms with Gasteiger partial charge in [0.25, 0.3) is 5.91 Å². The van der Waals surface area contributed by atoms with Crippen molar-refractivity contribution in [3.63, 3.8) is 0 Å². The van der Waals surface area contributed by atoms with Crippen molar-refractivity contribution in [2.45, 2.75) is 12.6 Å². The van der Waals surface area contributed by atoms with Crippen LogP contribution in [0.4, 0.5) is 0 Å². The van der Waals surface area contributed by atoms with E-state index in [2.05, 4.69) is 40.3 Å². The summed E-state index contributed by atoms with van der Waals surface area (Å²) in [6, 6.07) is 8.37. The van der Waals surface area contributed by atoms with Crippen molar-refractivity contribution in [2.75, 3.05) is 19.7 Å². The fraction of sp³-hybridized carbons (Fsp3) is 0.357. The minimum atomic E-state index is -0.362. The van der Waals surface area contributed by atoms with Crippen LogP contribution in [0.15, 0.2) is 29.6 Å². The summed E-state index contributed by atoms with van der Waals surface area (Å²) in [4.78, 5) is 11.9. The zero-order chi connectivity index (χ0) is 13.1. The lowest BCUT2D eigenvalue weighted by Gasteiger charge is -2.22. The monoisotopic (exact) mass is 276 g/mol. The van der Waals surface area contributed by atoms with E-state index in [-0.39, 0.29) is 12.0 Å². The van der Waals surface area contributed by atoms with Crippen LogP contribution in [0.5, 0.6) is 0 Å². The van der Waals surface area contributed by atoms with Crippen LogP contribution in [0.1, 0.15) is 5.56 Å². The summed E-state index contributed by atoms with van der Waals surface area (Å²) in [5, 5.41) is 9.38. The molecule has 1 aliphatic rings. The van der Waals surface area contributed by atoms with Crippen LogP contribution in [0.2, 0.25) is 0 Å². The smallest absolute Gasteiger partial charge is 0.250 e. The topological polar surface area (TPSA) is 50.4 Å². The van der Waals surface area contributed by atoms with E-state index in [1.54, 1.807) is 11.3 Å². The van der Waals surface area contributed by atoms with Gasteiger partial charge >= 0.3 is 0 Å². The van der Waals surface area contributed by atoms with E-state index in [1.807, 2.05) is 0 Å². The van der Waals surface area contributed by atoms with Crippen LogP contribution < -0.4 is 10.6 Å². The van der Waals surface area contributed by atoms with E-state index < -0.39 is 0 Å². The molecule has 5 heteroatoms. The van der Waals surface area contributed by atoms with Gasteiger partial charge in [-0.25, -0.2) is 0 Å². The molecule has 2 heterocycles. The molecule has 4 nitrogen and oxygen atoms in total. The number of hydrogen-bond donors (Lipinski definition) is 2. The third kappa shape index (κ3) is 2.94. The fourth-order valence-electron chi connectivity index (χ4n) is 2.16. The maximum absolute atomic E-state index is 11.9. The molecular formula is C14H16N2O2S. The quantitative estimate of drug-likeness (QED) is 0.893. The highest BCUT2D eigenvalue weighted by Gasteiger charge is 2.21. The number of rotatable bonds is 3. The molecule has 3 rings (SSSR count). The summed E-state index contributed by atoms with van der Waals surface area (Å²) in [6.07, 6.45) is -0.362. The van der Waals surface area contributed by atoms with Crippen LogP contribution in [0, 0.1) is 0 Å². The number of amides is 1. The molecule has 0 spiro atoms. The normalized spacial score (nSPS) is 19.5. The number of morpholine rings is 1. The first-order valence-electron chi connectivity index (χ1n) is 6.39. The Morgan fingerprint density at radius 3 is 3.26 bits per heavy atom. The molecule has 0 unspecified atom stereocenters. The van der Waals surface area contributed by atoms with Crippen LogP contribution in [-0.4, -0.2) is 31.7 Å². The second-order valence-corrected chi connectivity index (χ2v) is 5.52. The molecular weight excluding hydrogens is 260 g/mol. The Kier molecular flexibility index (Phi) is 3.77. The molecule has 0 aliphatic carbocycles. The Labute approximate surface area is 115 Å². The highest BCUT2D eigenvalue weighted by molar-refractivity contribution is 7.17. The lowest BCUT2D eigenvalue weighted by molar-refractivity contribution is -0.134. The molecule has 1 aromatic heterocycles. The summed E-state index contributed by atoms with van der Waals surface area (Å²) in [7, 11) is 0. The SMILES string of the molecule is O=C(NCc1ccc2sccc2c1)[C@@H]1CNCCO1.